The Morgan fingerprint density at radius 1 is 1.06 bits per heavy atom. The number of carbonyl (C=O) groups excluding carboxylic acids is 1. The molecule has 5 aliphatic rings. The lowest BCUT2D eigenvalue weighted by Gasteiger charge is -2.52. The molecule has 5 rings (SSSR count). The van der Waals surface area contributed by atoms with E-state index >= 15 is 0 Å². The minimum absolute atomic E-state index is 0.0578. The maximum Gasteiger partial charge on any atom is 0.190 e. The molecule has 0 aromatic carbocycles. The molecule has 0 aromatic heterocycles. The number of carbonyl (C=O) groups is 1. The number of hydrogen-bond acceptors (Lipinski definition) is 3. The zero-order valence-electron chi connectivity index (χ0n) is 20.4. The van der Waals surface area contributed by atoms with Crippen LogP contribution in [0.5, 0.6) is 0 Å². The normalized spacial score (nSPS) is 48.3. The van der Waals surface area contributed by atoms with E-state index in [0.717, 1.165) is 25.7 Å². The molecule has 1 heterocycles. The molecule has 3 heteroatoms. The van der Waals surface area contributed by atoms with E-state index in [1.54, 1.807) is 0 Å². The van der Waals surface area contributed by atoms with Crippen molar-refractivity contribution in [1.82, 2.24) is 0 Å². The fraction of sp³-hybridized carbons (Fsp3) is 0.821. The summed E-state index contributed by atoms with van der Waals surface area (Å²) in [6.07, 6.45) is 11.3. The van der Waals surface area contributed by atoms with Crippen LogP contribution < -0.4 is 0 Å². The molecule has 2 saturated carbocycles. The van der Waals surface area contributed by atoms with Crippen LogP contribution in [0.4, 0.5) is 0 Å². The van der Waals surface area contributed by atoms with Crippen LogP contribution in [0, 0.1) is 40.4 Å². The van der Waals surface area contributed by atoms with Crippen molar-refractivity contribution >= 4 is 5.78 Å². The minimum atomic E-state index is -0.407. The van der Waals surface area contributed by atoms with E-state index in [9.17, 15) is 9.90 Å². The SMILES string of the molecule is CC(C)[C@@H](C)/C=C/[C@@H](C)[C@H]1CC[C@H]2C3=C(CC[C@]12C)[C@@]1(C)CC[C@H](O)C[C@@]12O[C@H]2C3=O. The standard InChI is InChI=1S/C28H42O3/c1-16(2)17(3)7-8-18(4)20-9-10-21-23-22(12-13-26(20,21)5)27(6)14-11-19(29)15-28(27)25(31-28)24(23)30/h7-8,16-21,25,29H,9-15H2,1-6H3/b8-7+/t17-,18+,19-,20+,21-,25-,26+,27+,28-/m0/s1. The number of epoxide rings is 1. The Morgan fingerprint density at radius 3 is 2.52 bits per heavy atom. The van der Waals surface area contributed by atoms with Crippen molar-refractivity contribution in [3.05, 3.63) is 23.3 Å². The predicted molar refractivity (Wildman–Crippen MR) is 123 cm³/mol. The molecule has 1 N–H and O–H groups in total. The molecule has 4 aliphatic carbocycles. The van der Waals surface area contributed by atoms with Crippen LogP contribution in [0.2, 0.25) is 0 Å². The van der Waals surface area contributed by atoms with Crippen LogP contribution in [0.3, 0.4) is 0 Å². The first kappa shape index (κ1) is 21.9. The van der Waals surface area contributed by atoms with Crippen LogP contribution in [-0.4, -0.2) is 28.7 Å². The largest absolute Gasteiger partial charge is 0.393 e. The first-order valence-electron chi connectivity index (χ1n) is 12.9. The van der Waals surface area contributed by atoms with Crippen LogP contribution in [0.25, 0.3) is 0 Å². The number of ether oxygens (including phenoxy) is 1. The molecule has 31 heavy (non-hydrogen) atoms. The zero-order valence-corrected chi connectivity index (χ0v) is 20.4. The Kier molecular flexibility index (Phi) is 4.97. The molecule has 1 spiro atoms. The van der Waals surface area contributed by atoms with Crippen molar-refractivity contribution in [2.24, 2.45) is 40.4 Å². The van der Waals surface area contributed by atoms with E-state index in [0.29, 0.717) is 36.0 Å². The van der Waals surface area contributed by atoms with Gasteiger partial charge < -0.3 is 9.84 Å². The summed E-state index contributed by atoms with van der Waals surface area (Å²) in [5.74, 6) is 3.13. The number of ketones is 1. The highest BCUT2D eigenvalue weighted by atomic mass is 16.6. The molecule has 3 nitrogen and oxygen atoms in total. The quantitative estimate of drug-likeness (QED) is 0.452. The van der Waals surface area contributed by atoms with Crippen LogP contribution in [0.15, 0.2) is 23.3 Å². The van der Waals surface area contributed by atoms with E-state index in [4.69, 9.17) is 4.74 Å². The Morgan fingerprint density at radius 2 is 1.81 bits per heavy atom. The van der Waals surface area contributed by atoms with Crippen molar-refractivity contribution in [2.75, 3.05) is 0 Å². The molecular formula is C28H42O3. The van der Waals surface area contributed by atoms with Crippen LogP contribution in [-0.2, 0) is 9.53 Å². The number of fused-ring (bicyclic) bond motifs is 3. The van der Waals surface area contributed by atoms with Gasteiger partial charge in [-0.25, -0.2) is 0 Å². The lowest BCUT2D eigenvalue weighted by atomic mass is 9.50. The Hall–Kier alpha value is -0.930. The summed E-state index contributed by atoms with van der Waals surface area (Å²) in [4.78, 5) is 13.7. The Balaban J connectivity index is 1.46. The molecular weight excluding hydrogens is 384 g/mol. The third-order valence-corrected chi connectivity index (χ3v) is 10.7. The number of aliphatic hydroxyl groups excluding tert-OH is 1. The van der Waals surface area contributed by atoms with E-state index in [1.807, 2.05) is 0 Å². The van der Waals surface area contributed by atoms with Gasteiger partial charge in [-0.2, -0.15) is 0 Å². The minimum Gasteiger partial charge on any atom is -0.393 e. The van der Waals surface area contributed by atoms with Crippen molar-refractivity contribution in [1.29, 1.82) is 0 Å². The molecule has 3 fully saturated rings. The molecule has 0 unspecified atom stereocenters. The first-order valence-corrected chi connectivity index (χ1v) is 12.9. The first-order chi connectivity index (χ1) is 14.5. The molecule has 0 amide bonds. The van der Waals surface area contributed by atoms with Gasteiger partial charge in [-0.3, -0.25) is 4.79 Å². The van der Waals surface area contributed by atoms with E-state index in [1.165, 1.54) is 24.0 Å². The Bertz CT molecular complexity index is 839. The number of aliphatic hydroxyl groups is 1. The van der Waals surface area contributed by atoms with Gasteiger partial charge in [0.2, 0.25) is 0 Å². The topological polar surface area (TPSA) is 49.8 Å². The maximum absolute atomic E-state index is 13.7. The summed E-state index contributed by atoms with van der Waals surface area (Å²) in [6, 6.07) is 0. The molecule has 1 aliphatic heterocycles. The number of hydrogen-bond donors (Lipinski definition) is 1. The fourth-order valence-electron chi connectivity index (χ4n) is 8.21. The van der Waals surface area contributed by atoms with Gasteiger partial charge >= 0.3 is 0 Å². The lowest BCUT2D eigenvalue weighted by Crippen LogP contribution is -2.53. The monoisotopic (exact) mass is 426 g/mol. The van der Waals surface area contributed by atoms with Gasteiger partial charge in [0.05, 0.1) is 6.10 Å². The van der Waals surface area contributed by atoms with E-state index < -0.39 is 5.60 Å². The highest BCUT2D eigenvalue weighted by Gasteiger charge is 2.76. The van der Waals surface area contributed by atoms with Crippen molar-refractivity contribution in [3.8, 4) is 0 Å². The highest BCUT2D eigenvalue weighted by molar-refractivity contribution is 6.05. The van der Waals surface area contributed by atoms with Crippen molar-refractivity contribution < 1.29 is 14.6 Å². The molecule has 172 valence electrons. The van der Waals surface area contributed by atoms with Crippen LogP contribution in [0.1, 0.15) is 86.5 Å². The third-order valence-electron chi connectivity index (χ3n) is 10.7. The fourth-order valence-corrected chi connectivity index (χ4v) is 8.21. The van der Waals surface area contributed by atoms with Gasteiger partial charge in [0.25, 0.3) is 0 Å². The average molecular weight is 427 g/mol. The summed E-state index contributed by atoms with van der Waals surface area (Å²) in [6.45, 7) is 14.1. The summed E-state index contributed by atoms with van der Waals surface area (Å²) < 4.78 is 6.23. The summed E-state index contributed by atoms with van der Waals surface area (Å²) in [7, 11) is 0. The number of rotatable bonds is 4. The number of allylic oxidation sites excluding steroid dienone is 2. The van der Waals surface area contributed by atoms with Crippen LogP contribution >= 0.6 is 0 Å². The second-order valence-corrected chi connectivity index (χ2v) is 12.5. The Labute approximate surface area is 188 Å². The maximum atomic E-state index is 13.7. The molecule has 9 atom stereocenters. The van der Waals surface area contributed by atoms with E-state index in [2.05, 4.69) is 53.7 Å². The molecule has 1 saturated heterocycles. The molecule has 0 aromatic rings. The molecule has 0 bridgehead atoms. The zero-order chi connectivity index (χ0) is 22.3. The van der Waals surface area contributed by atoms with Gasteiger partial charge in [-0.05, 0) is 73.5 Å². The van der Waals surface area contributed by atoms with Gasteiger partial charge in [0, 0.05) is 17.4 Å². The highest BCUT2D eigenvalue weighted by Crippen LogP contribution is 2.71. The van der Waals surface area contributed by atoms with Crippen molar-refractivity contribution in [3.63, 3.8) is 0 Å². The predicted octanol–water partition coefficient (Wildman–Crippen LogP) is 5.87. The smallest absolute Gasteiger partial charge is 0.190 e. The number of Topliss-reactive ketones (excluding diaryl/α,β-unsaturated/α-hetero) is 1. The average Bonchev–Trinajstić information content (AvgIpc) is 3.34. The van der Waals surface area contributed by atoms with Crippen molar-refractivity contribution in [2.45, 2.75) is 104 Å². The van der Waals surface area contributed by atoms with Gasteiger partial charge in [-0.15, -0.1) is 0 Å². The third kappa shape index (κ3) is 2.88. The molecule has 0 radical (unpaired) electrons. The van der Waals surface area contributed by atoms with Gasteiger partial charge in [0.15, 0.2) is 11.9 Å². The second-order valence-electron chi connectivity index (χ2n) is 12.5. The van der Waals surface area contributed by atoms with Gasteiger partial charge in [-0.1, -0.05) is 59.3 Å². The summed E-state index contributed by atoms with van der Waals surface area (Å²) >= 11 is 0. The second kappa shape index (κ2) is 7.03. The summed E-state index contributed by atoms with van der Waals surface area (Å²) in [5, 5.41) is 10.3. The van der Waals surface area contributed by atoms with Gasteiger partial charge in [0.1, 0.15) is 5.60 Å². The van der Waals surface area contributed by atoms with E-state index in [-0.39, 0.29) is 28.8 Å². The lowest BCUT2D eigenvalue weighted by molar-refractivity contribution is -0.119. The summed E-state index contributed by atoms with van der Waals surface area (Å²) in [5.41, 5.74) is 2.32.